The highest BCUT2D eigenvalue weighted by molar-refractivity contribution is 5.79. The second-order valence-corrected chi connectivity index (χ2v) is 4.65. The van der Waals surface area contributed by atoms with Gasteiger partial charge in [-0.1, -0.05) is 32.0 Å². The first-order valence-electron chi connectivity index (χ1n) is 6.33. The molecule has 1 aromatic carbocycles. The van der Waals surface area contributed by atoms with Gasteiger partial charge in [0.2, 0.25) is 5.91 Å². The Morgan fingerprint density at radius 2 is 1.94 bits per heavy atom. The van der Waals surface area contributed by atoms with Crippen molar-refractivity contribution in [3.05, 3.63) is 29.8 Å². The fourth-order valence-corrected chi connectivity index (χ4v) is 1.67. The van der Waals surface area contributed by atoms with Gasteiger partial charge in [-0.3, -0.25) is 4.79 Å². The van der Waals surface area contributed by atoms with Gasteiger partial charge >= 0.3 is 0 Å². The molecule has 0 unspecified atom stereocenters. The Hall–Kier alpha value is -1.55. The summed E-state index contributed by atoms with van der Waals surface area (Å²) < 4.78 is 0. The van der Waals surface area contributed by atoms with Gasteiger partial charge in [0.1, 0.15) is 5.75 Å². The highest BCUT2D eigenvalue weighted by atomic mass is 16.3. The fourth-order valence-electron chi connectivity index (χ4n) is 1.67. The van der Waals surface area contributed by atoms with Crippen LogP contribution in [0.2, 0.25) is 0 Å². The van der Waals surface area contributed by atoms with Gasteiger partial charge in [-0.2, -0.15) is 0 Å². The summed E-state index contributed by atoms with van der Waals surface area (Å²) in [6.45, 7) is 4.49. The van der Waals surface area contributed by atoms with Gasteiger partial charge in [0.15, 0.2) is 0 Å². The van der Waals surface area contributed by atoms with Crippen molar-refractivity contribution in [2.45, 2.75) is 38.6 Å². The standard InChI is InChI=1S/C14H22N2O2/c1-3-14(15,4-2)10-16-13(18)9-11-7-5-6-8-12(11)17/h5-8,17H,3-4,9-10,15H2,1-2H3,(H,16,18). The fraction of sp³-hybridized carbons (Fsp3) is 0.500. The van der Waals surface area contributed by atoms with E-state index in [9.17, 15) is 9.90 Å². The number of benzene rings is 1. The second kappa shape index (κ2) is 6.40. The van der Waals surface area contributed by atoms with Crippen LogP contribution >= 0.6 is 0 Å². The molecule has 0 aromatic heterocycles. The molecule has 0 atom stereocenters. The second-order valence-electron chi connectivity index (χ2n) is 4.65. The molecule has 4 nitrogen and oxygen atoms in total. The molecule has 0 aliphatic heterocycles. The van der Waals surface area contributed by atoms with Crippen molar-refractivity contribution in [3.8, 4) is 5.75 Å². The summed E-state index contributed by atoms with van der Waals surface area (Å²) >= 11 is 0. The molecule has 0 saturated carbocycles. The Bertz CT molecular complexity index is 401. The number of phenols is 1. The van der Waals surface area contributed by atoms with Crippen LogP contribution in [0.15, 0.2) is 24.3 Å². The predicted octanol–water partition coefficient (Wildman–Crippen LogP) is 1.57. The summed E-state index contributed by atoms with van der Waals surface area (Å²) in [5.74, 6) is 0.0332. The van der Waals surface area contributed by atoms with Crippen LogP contribution in [-0.4, -0.2) is 23.1 Å². The number of phenolic OH excluding ortho intramolecular Hbond substituents is 1. The molecule has 0 fully saturated rings. The maximum absolute atomic E-state index is 11.8. The first-order chi connectivity index (χ1) is 8.50. The number of nitrogens with one attached hydrogen (secondary N) is 1. The molecule has 0 heterocycles. The molecule has 0 aliphatic carbocycles. The van der Waals surface area contributed by atoms with E-state index in [-0.39, 0.29) is 23.6 Å². The van der Waals surface area contributed by atoms with Crippen LogP contribution in [-0.2, 0) is 11.2 Å². The highest BCUT2D eigenvalue weighted by Gasteiger charge is 2.20. The van der Waals surface area contributed by atoms with Crippen molar-refractivity contribution in [3.63, 3.8) is 0 Å². The van der Waals surface area contributed by atoms with E-state index in [1.807, 2.05) is 13.8 Å². The monoisotopic (exact) mass is 250 g/mol. The van der Waals surface area contributed by atoms with Crippen molar-refractivity contribution >= 4 is 5.91 Å². The van der Waals surface area contributed by atoms with Gasteiger partial charge in [-0.15, -0.1) is 0 Å². The van der Waals surface area contributed by atoms with E-state index < -0.39 is 0 Å². The van der Waals surface area contributed by atoms with E-state index in [0.717, 1.165) is 12.8 Å². The minimum Gasteiger partial charge on any atom is -0.508 e. The molecule has 1 rings (SSSR count). The predicted molar refractivity (Wildman–Crippen MR) is 72.3 cm³/mol. The van der Waals surface area contributed by atoms with Gasteiger partial charge in [-0.25, -0.2) is 0 Å². The number of rotatable bonds is 6. The molecule has 0 saturated heterocycles. The van der Waals surface area contributed by atoms with Crippen LogP contribution in [0, 0.1) is 0 Å². The molecule has 1 amide bonds. The Balaban J connectivity index is 2.50. The van der Waals surface area contributed by atoms with Gasteiger partial charge in [-0.05, 0) is 18.9 Å². The van der Waals surface area contributed by atoms with E-state index in [4.69, 9.17) is 5.73 Å². The Morgan fingerprint density at radius 1 is 1.33 bits per heavy atom. The van der Waals surface area contributed by atoms with Crippen molar-refractivity contribution in [2.75, 3.05) is 6.54 Å². The first kappa shape index (κ1) is 14.5. The SMILES string of the molecule is CCC(N)(CC)CNC(=O)Cc1ccccc1O. The summed E-state index contributed by atoms with van der Waals surface area (Å²) in [6, 6.07) is 6.85. The Labute approximate surface area is 108 Å². The smallest absolute Gasteiger partial charge is 0.224 e. The number of hydrogen-bond donors (Lipinski definition) is 3. The van der Waals surface area contributed by atoms with Gasteiger partial charge < -0.3 is 16.2 Å². The van der Waals surface area contributed by atoms with Crippen molar-refractivity contribution in [1.29, 1.82) is 0 Å². The van der Waals surface area contributed by atoms with Gasteiger partial charge in [0.05, 0.1) is 6.42 Å². The zero-order chi connectivity index (χ0) is 13.6. The quantitative estimate of drug-likeness (QED) is 0.717. The lowest BCUT2D eigenvalue weighted by Gasteiger charge is -2.26. The van der Waals surface area contributed by atoms with E-state index in [0.29, 0.717) is 12.1 Å². The molecule has 4 heteroatoms. The van der Waals surface area contributed by atoms with Crippen LogP contribution in [0.3, 0.4) is 0 Å². The van der Waals surface area contributed by atoms with Crippen LogP contribution in [0.1, 0.15) is 32.3 Å². The minimum atomic E-state index is -0.339. The molecule has 1 aromatic rings. The van der Waals surface area contributed by atoms with Crippen LogP contribution in [0.4, 0.5) is 0 Å². The molecule has 100 valence electrons. The first-order valence-corrected chi connectivity index (χ1v) is 6.33. The number of hydrogen-bond acceptors (Lipinski definition) is 3. The summed E-state index contributed by atoms with van der Waals surface area (Å²) in [6.07, 6.45) is 1.82. The normalized spacial score (nSPS) is 11.3. The zero-order valence-electron chi connectivity index (χ0n) is 11.1. The molecular weight excluding hydrogens is 228 g/mol. The number of nitrogens with two attached hydrogens (primary N) is 1. The third-order valence-corrected chi connectivity index (χ3v) is 3.39. The molecule has 0 spiro atoms. The number of aromatic hydroxyl groups is 1. The molecule has 4 N–H and O–H groups in total. The number of amides is 1. The van der Waals surface area contributed by atoms with Crippen molar-refractivity contribution in [2.24, 2.45) is 5.73 Å². The lowest BCUT2D eigenvalue weighted by molar-refractivity contribution is -0.120. The molecule has 0 aliphatic rings. The van der Waals surface area contributed by atoms with Crippen LogP contribution in [0.25, 0.3) is 0 Å². The number of carbonyl (C=O) groups is 1. The van der Waals surface area contributed by atoms with Gasteiger partial charge in [0.25, 0.3) is 0 Å². The zero-order valence-corrected chi connectivity index (χ0v) is 11.1. The van der Waals surface area contributed by atoms with Crippen LogP contribution in [0.5, 0.6) is 5.75 Å². The Morgan fingerprint density at radius 3 is 2.50 bits per heavy atom. The van der Waals surface area contributed by atoms with E-state index in [1.54, 1.807) is 24.3 Å². The molecule has 0 bridgehead atoms. The number of para-hydroxylation sites is 1. The lowest BCUT2D eigenvalue weighted by Crippen LogP contribution is -2.49. The summed E-state index contributed by atoms with van der Waals surface area (Å²) in [5.41, 5.74) is 6.40. The molecule has 18 heavy (non-hydrogen) atoms. The topological polar surface area (TPSA) is 75.3 Å². The average Bonchev–Trinajstić information content (AvgIpc) is 2.39. The van der Waals surface area contributed by atoms with Crippen molar-refractivity contribution in [1.82, 2.24) is 5.32 Å². The largest absolute Gasteiger partial charge is 0.508 e. The van der Waals surface area contributed by atoms with E-state index in [2.05, 4.69) is 5.32 Å². The van der Waals surface area contributed by atoms with Gasteiger partial charge in [0, 0.05) is 17.6 Å². The highest BCUT2D eigenvalue weighted by Crippen LogP contribution is 2.16. The third-order valence-electron chi connectivity index (χ3n) is 3.39. The summed E-state index contributed by atoms with van der Waals surface area (Å²) in [4.78, 5) is 11.8. The molecular formula is C14H22N2O2. The lowest BCUT2D eigenvalue weighted by atomic mass is 9.94. The maximum Gasteiger partial charge on any atom is 0.224 e. The number of carbonyl (C=O) groups excluding carboxylic acids is 1. The molecule has 0 radical (unpaired) electrons. The third kappa shape index (κ3) is 4.04. The van der Waals surface area contributed by atoms with Crippen molar-refractivity contribution < 1.29 is 9.90 Å². The average molecular weight is 250 g/mol. The van der Waals surface area contributed by atoms with E-state index in [1.165, 1.54) is 0 Å². The van der Waals surface area contributed by atoms with Crippen LogP contribution < -0.4 is 11.1 Å². The van der Waals surface area contributed by atoms with E-state index >= 15 is 0 Å². The summed E-state index contributed by atoms with van der Waals surface area (Å²) in [5, 5.41) is 12.4. The minimum absolute atomic E-state index is 0.117. The maximum atomic E-state index is 11.8. The Kier molecular flexibility index (Phi) is 5.16. The summed E-state index contributed by atoms with van der Waals surface area (Å²) in [7, 11) is 0.